The number of sulfone groups is 1. The zero-order chi connectivity index (χ0) is 16.4. The average molecular weight is 342 g/mol. The van der Waals surface area contributed by atoms with Crippen molar-refractivity contribution in [2.45, 2.75) is 4.90 Å². The zero-order valence-electron chi connectivity index (χ0n) is 12.5. The van der Waals surface area contributed by atoms with Crippen molar-refractivity contribution in [1.29, 1.82) is 0 Å². The van der Waals surface area contributed by atoms with E-state index >= 15 is 0 Å². The van der Waals surface area contributed by atoms with Crippen LogP contribution < -0.4 is 0 Å². The molecule has 115 valence electrons. The van der Waals surface area contributed by atoms with E-state index in [9.17, 15) is 8.42 Å². The molecular formula is C19H14ClO2S. The van der Waals surface area contributed by atoms with Gasteiger partial charge in [0, 0.05) is 11.3 Å². The van der Waals surface area contributed by atoms with Gasteiger partial charge in [0.1, 0.15) is 0 Å². The van der Waals surface area contributed by atoms with Gasteiger partial charge in [0.05, 0.1) is 4.90 Å². The first kappa shape index (κ1) is 15.8. The van der Waals surface area contributed by atoms with Gasteiger partial charge in [-0.15, -0.1) is 0 Å². The van der Waals surface area contributed by atoms with Crippen molar-refractivity contribution >= 4 is 21.4 Å². The Hall–Kier alpha value is -2.10. The van der Waals surface area contributed by atoms with E-state index in [1.54, 1.807) is 12.1 Å². The maximum absolute atomic E-state index is 11.6. The van der Waals surface area contributed by atoms with Crippen LogP contribution in [0, 0.1) is 6.07 Å². The predicted molar refractivity (Wildman–Crippen MR) is 94.3 cm³/mol. The highest BCUT2D eigenvalue weighted by atomic mass is 35.5. The molecule has 0 saturated heterocycles. The van der Waals surface area contributed by atoms with Gasteiger partial charge in [-0.2, -0.15) is 0 Å². The Morgan fingerprint density at radius 1 is 0.826 bits per heavy atom. The molecule has 0 aliphatic heterocycles. The van der Waals surface area contributed by atoms with E-state index in [2.05, 4.69) is 6.07 Å². The van der Waals surface area contributed by atoms with E-state index in [0.717, 1.165) is 22.3 Å². The minimum Gasteiger partial charge on any atom is -0.224 e. The summed E-state index contributed by atoms with van der Waals surface area (Å²) in [5, 5.41) is 0.688. The smallest absolute Gasteiger partial charge is 0.175 e. The van der Waals surface area contributed by atoms with Crippen LogP contribution in [0.5, 0.6) is 0 Å². The number of halogens is 1. The number of rotatable bonds is 3. The Bertz CT molecular complexity index is 928. The summed E-state index contributed by atoms with van der Waals surface area (Å²) < 4.78 is 23.2. The van der Waals surface area contributed by atoms with Crippen molar-refractivity contribution in [1.82, 2.24) is 0 Å². The second kappa shape index (κ2) is 6.19. The summed E-state index contributed by atoms with van der Waals surface area (Å²) in [5.41, 5.74) is 4.03. The first-order chi connectivity index (χ1) is 10.9. The van der Waals surface area contributed by atoms with Gasteiger partial charge in [0.15, 0.2) is 9.84 Å². The highest BCUT2D eigenvalue weighted by Crippen LogP contribution is 2.32. The van der Waals surface area contributed by atoms with Crippen LogP contribution in [-0.4, -0.2) is 14.7 Å². The molecule has 0 aliphatic rings. The number of hydrogen-bond acceptors (Lipinski definition) is 2. The van der Waals surface area contributed by atoms with Crippen LogP contribution in [0.15, 0.2) is 71.6 Å². The van der Waals surface area contributed by atoms with Crippen molar-refractivity contribution in [2.75, 3.05) is 6.26 Å². The first-order valence-electron chi connectivity index (χ1n) is 7.02. The monoisotopic (exact) mass is 341 g/mol. The van der Waals surface area contributed by atoms with Crippen molar-refractivity contribution in [2.24, 2.45) is 0 Å². The molecule has 0 saturated carbocycles. The molecule has 0 fully saturated rings. The molecule has 4 heteroatoms. The second-order valence-corrected chi connectivity index (χ2v) is 7.73. The molecule has 0 spiro atoms. The molecule has 1 radical (unpaired) electrons. The van der Waals surface area contributed by atoms with Crippen LogP contribution in [0.2, 0.25) is 5.02 Å². The SMILES string of the molecule is CS(=O)(=O)c1ccc(-c2cc[c]cc2-c2ccc(Cl)cc2)cc1. The molecule has 2 nitrogen and oxygen atoms in total. The topological polar surface area (TPSA) is 34.1 Å². The molecule has 3 aromatic rings. The lowest BCUT2D eigenvalue weighted by molar-refractivity contribution is 0.602. The molecule has 0 N–H and O–H groups in total. The Balaban J connectivity index is 2.09. The third-order valence-corrected chi connectivity index (χ3v) is 4.99. The molecule has 0 heterocycles. The van der Waals surface area contributed by atoms with Gasteiger partial charge in [-0.05, 0) is 58.7 Å². The van der Waals surface area contributed by atoms with Crippen molar-refractivity contribution < 1.29 is 8.42 Å². The summed E-state index contributed by atoms with van der Waals surface area (Å²) in [5.74, 6) is 0. The van der Waals surface area contributed by atoms with Gasteiger partial charge in [0.2, 0.25) is 0 Å². The lowest BCUT2D eigenvalue weighted by Crippen LogP contribution is -1.96. The minimum atomic E-state index is -3.19. The van der Waals surface area contributed by atoms with Gasteiger partial charge in [-0.3, -0.25) is 0 Å². The zero-order valence-corrected chi connectivity index (χ0v) is 14.0. The Labute approximate surface area is 141 Å². The van der Waals surface area contributed by atoms with Crippen LogP contribution in [0.25, 0.3) is 22.3 Å². The number of hydrogen-bond donors (Lipinski definition) is 0. The van der Waals surface area contributed by atoms with E-state index in [0.29, 0.717) is 9.92 Å². The second-order valence-electron chi connectivity index (χ2n) is 5.28. The molecule has 0 aliphatic carbocycles. The summed E-state index contributed by atoms with van der Waals surface area (Å²) in [4.78, 5) is 0.316. The molecule has 0 bridgehead atoms. The summed E-state index contributed by atoms with van der Waals surface area (Å²) in [6, 6.07) is 23.4. The summed E-state index contributed by atoms with van der Waals surface area (Å²) in [6.07, 6.45) is 1.21. The Morgan fingerprint density at radius 2 is 1.39 bits per heavy atom. The highest BCUT2D eigenvalue weighted by molar-refractivity contribution is 7.90. The molecule has 0 amide bonds. The third kappa shape index (κ3) is 3.46. The molecule has 0 unspecified atom stereocenters. The van der Waals surface area contributed by atoms with Crippen LogP contribution in [-0.2, 0) is 9.84 Å². The van der Waals surface area contributed by atoms with Gasteiger partial charge in [-0.25, -0.2) is 8.42 Å². The molecule has 0 atom stereocenters. The molecule has 23 heavy (non-hydrogen) atoms. The maximum atomic E-state index is 11.6. The van der Waals surface area contributed by atoms with Crippen LogP contribution in [0.3, 0.4) is 0 Å². The van der Waals surface area contributed by atoms with Crippen molar-refractivity contribution in [3.8, 4) is 22.3 Å². The van der Waals surface area contributed by atoms with Gasteiger partial charge in [0.25, 0.3) is 0 Å². The first-order valence-corrected chi connectivity index (χ1v) is 9.28. The lowest BCUT2D eigenvalue weighted by atomic mass is 9.95. The summed E-state index contributed by atoms with van der Waals surface area (Å²) >= 11 is 5.95. The Kier molecular flexibility index (Phi) is 4.24. The van der Waals surface area contributed by atoms with E-state index in [-0.39, 0.29) is 0 Å². The van der Waals surface area contributed by atoms with Gasteiger partial charge in [-0.1, -0.05) is 48.0 Å². The summed E-state index contributed by atoms with van der Waals surface area (Å²) in [7, 11) is -3.19. The van der Waals surface area contributed by atoms with E-state index in [1.807, 2.05) is 54.6 Å². The fourth-order valence-electron chi connectivity index (χ4n) is 2.43. The maximum Gasteiger partial charge on any atom is 0.175 e. The third-order valence-electron chi connectivity index (χ3n) is 3.61. The van der Waals surface area contributed by atoms with E-state index < -0.39 is 9.84 Å². The standard InChI is InChI=1S/C19H14ClO2S/c1-23(21,22)17-12-8-15(9-13-17)19-5-3-2-4-18(19)14-6-10-16(20)11-7-14/h3-13H,1H3. The van der Waals surface area contributed by atoms with E-state index in [1.165, 1.54) is 6.26 Å². The fourth-order valence-corrected chi connectivity index (χ4v) is 3.19. The van der Waals surface area contributed by atoms with Crippen molar-refractivity contribution in [3.05, 3.63) is 77.8 Å². The normalized spacial score (nSPS) is 11.4. The molecule has 3 aromatic carbocycles. The molecule has 0 aromatic heterocycles. The quantitative estimate of drug-likeness (QED) is 0.680. The predicted octanol–water partition coefficient (Wildman–Crippen LogP) is 4.88. The van der Waals surface area contributed by atoms with Gasteiger partial charge < -0.3 is 0 Å². The van der Waals surface area contributed by atoms with Gasteiger partial charge >= 0.3 is 0 Å². The summed E-state index contributed by atoms with van der Waals surface area (Å²) in [6.45, 7) is 0. The van der Waals surface area contributed by atoms with Crippen LogP contribution in [0.4, 0.5) is 0 Å². The molecular weight excluding hydrogens is 328 g/mol. The van der Waals surface area contributed by atoms with E-state index in [4.69, 9.17) is 11.6 Å². The fraction of sp³-hybridized carbons (Fsp3) is 0.0526. The molecule has 3 rings (SSSR count). The van der Waals surface area contributed by atoms with Crippen LogP contribution >= 0.6 is 11.6 Å². The lowest BCUT2D eigenvalue weighted by Gasteiger charge is -2.10. The minimum absolute atomic E-state index is 0.316. The average Bonchev–Trinajstić information content (AvgIpc) is 2.55. The number of benzene rings is 3. The van der Waals surface area contributed by atoms with Crippen molar-refractivity contribution in [3.63, 3.8) is 0 Å². The largest absolute Gasteiger partial charge is 0.224 e. The van der Waals surface area contributed by atoms with Crippen LogP contribution in [0.1, 0.15) is 0 Å². The Morgan fingerprint density at radius 3 is 2.00 bits per heavy atom. The highest BCUT2D eigenvalue weighted by Gasteiger charge is 2.10.